The zero-order chi connectivity index (χ0) is 19.2. The van der Waals surface area contributed by atoms with Gasteiger partial charge in [-0.2, -0.15) is 0 Å². The second-order valence-electron chi connectivity index (χ2n) is 6.63. The van der Waals surface area contributed by atoms with Gasteiger partial charge in [0.05, 0.1) is 13.7 Å². The molecule has 2 aromatic rings. The third-order valence-corrected chi connectivity index (χ3v) is 4.83. The zero-order valence-corrected chi connectivity index (χ0v) is 15.8. The van der Waals surface area contributed by atoms with Crippen LogP contribution >= 0.6 is 0 Å². The lowest BCUT2D eigenvalue weighted by Crippen LogP contribution is -2.48. The van der Waals surface area contributed by atoms with Gasteiger partial charge in [0, 0.05) is 45.4 Å². The number of hydrogen-bond donors (Lipinski definition) is 0. The Kier molecular flexibility index (Phi) is 6.42. The number of nitrogens with zero attached hydrogens (tertiary/aromatic N) is 2. The van der Waals surface area contributed by atoms with Gasteiger partial charge >= 0.3 is 0 Å². The molecule has 6 heteroatoms. The van der Waals surface area contributed by atoms with Crippen molar-refractivity contribution in [3.05, 3.63) is 65.0 Å². The fourth-order valence-electron chi connectivity index (χ4n) is 3.36. The third kappa shape index (κ3) is 4.64. The van der Waals surface area contributed by atoms with Gasteiger partial charge in [-0.05, 0) is 29.3 Å². The Morgan fingerprint density at radius 3 is 2.48 bits per heavy atom. The number of amides is 1. The highest BCUT2D eigenvalue weighted by atomic mass is 19.1. The molecule has 1 aliphatic rings. The molecule has 1 heterocycles. The Labute approximate surface area is 159 Å². The summed E-state index contributed by atoms with van der Waals surface area (Å²) in [5.41, 5.74) is 2.50. The maximum Gasteiger partial charge on any atom is 0.254 e. The van der Waals surface area contributed by atoms with Gasteiger partial charge in [0.2, 0.25) is 0 Å². The van der Waals surface area contributed by atoms with Crippen molar-refractivity contribution in [3.63, 3.8) is 0 Å². The van der Waals surface area contributed by atoms with E-state index in [-0.39, 0.29) is 17.5 Å². The number of halogens is 1. The normalized spacial score (nSPS) is 15.0. The molecule has 0 spiro atoms. The van der Waals surface area contributed by atoms with E-state index < -0.39 is 0 Å². The Morgan fingerprint density at radius 2 is 1.81 bits per heavy atom. The molecule has 27 heavy (non-hydrogen) atoms. The van der Waals surface area contributed by atoms with Crippen molar-refractivity contribution in [2.45, 2.75) is 13.2 Å². The van der Waals surface area contributed by atoms with Gasteiger partial charge in [0.25, 0.3) is 5.91 Å². The van der Waals surface area contributed by atoms with Crippen molar-refractivity contribution in [3.8, 4) is 5.75 Å². The fraction of sp³-hybridized carbons (Fsp3) is 0.381. The Hall–Kier alpha value is -2.44. The maximum absolute atomic E-state index is 13.9. The van der Waals surface area contributed by atoms with Crippen LogP contribution in [0.5, 0.6) is 5.75 Å². The zero-order valence-electron chi connectivity index (χ0n) is 15.8. The minimum Gasteiger partial charge on any atom is -0.494 e. The van der Waals surface area contributed by atoms with Gasteiger partial charge in [0.1, 0.15) is 0 Å². The summed E-state index contributed by atoms with van der Waals surface area (Å²) in [4.78, 5) is 17.0. The van der Waals surface area contributed by atoms with E-state index in [4.69, 9.17) is 9.47 Å². The first kappa shape index (κ1) is 19.3. The van der Waals surface area contributed by atoms with Crippen LogP contribution in [0.1, 0.15) is 21.5 Å². The van der Waals surface area contributed by atoms with Crippen molar-refractivity contribution in [1.29, 1.82) is 0 Å². The Morgan fingerprint density at radius 1 is 1.07 bits per heavy atom. The molecule has 0 aliphatic carbocycles. The second kappa shape index (κ2) is 8.97. The highest BCUT2D eigenvalue weighted by Gasteiger charge is 2.23. The van der Waals surface area contributed by atoms with Crippen LogP contribution in [-0.4, -0.2) is 56.1 Å². The summed E-state index contributed by atoms with van der Waals surface area (Å²) < 4.78 is 24.0. The molecule has 0 radical (unpaired) electrons. The van der Waals surface area contributed by atoms with Crippen LogP contribution in [-0.2, 0) is 17.9 Å². The van der Waals surface area contributed by atoms with E-state index in [1.807, 2.05) is 35.2 Å². The third-order valence-electron chi connectivity index (χ3n) is 4.83. The van der Waals surface area contributed by atoms with Crippen molar-refractivity contribution in [1.82, 2.24) is 9.80 Å². The lowest BCUT2D eigenvalue weighted by atomic mass is 10.1. The highest BCUT2D eigenvalue weighted by Crippen LogP contribution is 2.20. The fourth-order valence-corrected chi connectivity index (χ4v) is 3.36. The van der Waals surface area contributed by atoms with E-state index >= 15 is 0 Å². The van der Waals surface area contributed by atoms with E-state index in [9.17, 15) is 9.18 Å². The molecular formula is C21H25FN2O3. The summed E-state index contributed by atoms with van der Waals surface area (Å²) in [7, 11) is 3.08. The molecule has 3 rings (SSSR count). The van der Waals surface area contributed by atoms with Crippen molar-refractivity contribution in [2.75, 3.05) is 40.4 Å². The number of hydrogen-bond acceptors (Lipinski definition) is 4. The first-order chi connectivity index (χ1) is 13.1. The van der Waals surface area contributed by atoms with Crippen LogP contribution in [0, 0.1) is 5.82 Å². The smallest absolute Gasteiger partial charge is 0.254 e. The van der Waals surface area contributed by atoms with Crippen LogP contribution in [0.25, 0.3) is 0 Å². The van der Waals surface area contributed by atoms with E-state index in [1.165, 1.54) is 13.2 Å². The minimum absolute atomic E-state index is 0.0396. The number of carbonyl (C=O) groups excluding carboxylic acids is 1. The summed E-state index contributed by atoms with van der Waals surface area (Å²) in [5, 5.41) is 0. The summed E-state index contributed by atoms with van der Waals surface area (Å²) in [6.45, 7) is 3.89. The Bertz CT molecular complexity index is 789. The lowest BCUT2D eigenvalue weighted by Gasteiger charge is -2.35. The predicted molar refractivity (Wildman–Crippen MR) is 101 cm³/mol. The van der Waals surface area contributed by atoms with Gasteiger partial charge in [-0.1, -0.05) is 24.3 Å². The predicted octanol–water partition coefficient (Wildman–Crippen LogP) is 2.94. The topological polar surface area (TPSA) is 42.0 Å². The van der Waals surface area contributed by atoms with Crippen molar-refractivity contribution < 1.29 is 18.7 Å². The molecule has 0 atom stereocenters. The molecule has 0 unspecified atom stereocenters. The quantitative estimate of drug-likeness (QED) is 0.782. The molecule has 1 fully saturated rings. The Balaban J connectivity index is 1.59. The van der Waals surface area contributed by atoms with Crippen LogP contribution < -0.4 is 4.74 Å². The van der Waals surface area contributed by atoms with E-state index in [2.05, 4.69) is 4.90 Å². The molecular weight excluding hydrogens is 347 g/mol. The number of carbonyl (C=O) groups is 1. The molecule has 0 aromatic heterocycles. The number of ether oxygens (including phenoxy) is 2. The molecule has 1 saturated heterocycles. The minimum atomic E-state index is -0.349. The van der Waals surface area contributed by atoms with Gasteiger partial charge < -0.3 is 14.4 Å². The first-order valence-corrected chi connectivity index (χ1v) is 9.03. The van der Waals surface area contributed by atoms with E-state index in [0.717, 1.165) is 24.2 Å². The standard InChI is InChI=1S/C21H25FN2O3/c1-26-15-17-5-3-4-6-18(17)21(25)24-11-9-23(10-12-24)14-16-7-8-20(27-2)19(22)13-16/h3-8,13H,9-12,14-15H2,1-2H3. The van der Waals surface area contributed by atoms with E-state index in [0.29, 0.717) is 31.8 Å². The average Bonchev–Trinajstić information content (AvgIpc) is 2.69. The molecule has 2 aromatic carbocycles. The molecule has 1 amide bonds. The number of rotatable bonds is 6. The molecule has 0 N–H and O–H groups in total. The monoisotopic (exact) mass is 372 g/mol. The van der Waals surface area contributed by atoms with Crippen LogP contribution in [0.4, 0.5) is 4.39 Å². The molecule has 0 bridgehead atoms. The lowest BCUT2D eigenvalue weighted by molar-refractivity contribution is 0.0624. The number of methoxy groups -OCH3 is 2. The largest absolute Gasteiger partial charge is 0.494 e. The summed E-state index contributed by atoms with van der Waals surface area (Å²) in [6.07, 6.45) is 0. The maximum atomic E-state index is 13.9. The average molecular weight is 372 g/mol. The first-order valence-electron chi connectivity index (χ1n) is 9.03. The second-order valence-corrected chi connectivity index (χ2v) is 6.63. The summed E-state index contributed by atoms with van der Waals surface area (Å²) in [6, 6.07) is 12.6. The van der Waals surface area contributed by atoms with Crippen molar-refractivity contribution >= 4 is 5.91 Å². The summed E-state index contributed by atoms with van der Waals surface area (Å²) >= 11 is 0. The SMILES string of the molecule is COCc1ccccc1C(=O)N1CCN(Cc2ccc(OC)c(F)c2)CC1. The molecule has 1 aliphatic heterocycles. The highest BCUT2D eigenvalue weighted by molar-refractivity contribution is 5.95. The number of benzene rings is 2. The van der Waals surface area contributed by atoms with E-state index in [1.54, 1.807) is 13.2 Å². The van der Waals surface area contributed by atoms with Gasteiger partial charge in [0.15, 0.2) is 11.6 Å². The number of piperazine rings is 1. The molecule has 144 valence electrons. The van der Waals surface area contributed by atoms with Gasteiger partial charge in [-0.3, -0.25) is 9.69 Å². The van der Waals surface area contributed by atoms with Crippen LogP contribution in [0.3, 0.4) is 0 Å². The molecule has 0 saturated carbocycles. The molecule has 5 nitrogen and oxygen atoms in total. The van der Waals surface area contributed by atoms with Crippen molar-refractivity contribution in [2.24, 2.45) is 0 Å². The van der Waals surface area contributed by atoms with Gasteiger partial charge in [-0.25, -0.2) is 4.39 Å². The van der Waals surface area contributed by atoms with Crippen LogP contribution in [0.2, 0.25) is 0 Å². The summed E-state index contributed by atoms with van der Waals surface area (Å²) in [5.74, 6) is -0.0553. The van der Waals surface area contributed by atoms with Crippen LogP contribution in [0.15, 0.2) is 42.5 Å². The van der Waals surface area contributed by atoms with Gasteiger partial charge in [-0.15, -0.1) is 0 Å².